The number of aliphatic hydroxyl groups excluding tert-OH is 1. The van der Waals surface area contributed by atoms with E-state index in [2.05, 4.69) is 0 Å². The maximum atomic E-state index is 14.2. The van der Waals surface area contributed by atoms with E-state index in [9.17, 15) is 42.6 Å². The molecule has 4 aliphatic rings. The second kappa shape index (κ2) is 28.5. The molecular formula is C55H87NO15S. The van der Waals surface area contributed by atoms with E-state index in [1.165, 1.54) is 27.3 Å². The summed E-state index contributed by atoms with van der Waals surface area (Å²) in [5.41, 5.74) is 1.28. The molecule has 0 aromatic rings. The number of aliphatic hydroxyl groups is 2. The largest absolute Gasteiger partial charge is 0.460 e. The summed E-state index contributed by atoms with van der Waals surface area (Å²) in [6.45, 7) is 12.9. The van der Waals surface area contributed by atoms with Crippen molar-refractivity contribution in [2.45, 2.75) is 186 Å². The first-order chi connectivity index (χ1) is 33.9. The van der Waals surface area contributed by atoms with Gasteiger partial charge < -0.3 is 43.5 Å². The second-order valence-electron chi connectivity index (χ2n) is 21.4. The third-order valence-electron chi connectivity index (χ3n) is 15.3. The van der Waals surface area contributed by atoms with Crippen LogP contribution in [-0.2, 0) is 62.2 Å². The number of amides is 1. The van der Waals surface area contributed by atoms with Gasteiger partial charge in [0.25, 0.3) is 11.7 Å². The summed E-state index contributed by atoms with van der Waals surface area (Å²) in [6, 6.07) is -1.31. The highest BCUT2D eigenvalue weighted by Gasteiger charge is 2.52. The fourth-order valence-corrected chi connectivity index (χ4v) is 10.6. The van der Waals surface area contributed by atoms with E-state index in [1.807, 2.05) is 44.2 Å². The molecule has 2 aliphatic carbocycles. The normalized spacial score (nSPS) is 37.0. The number of cyclic esters (lactones) is 1. The molecule has 17 heteroatoms. The first-order valence-corrected chi connectivity index (χ1v) is 28.3. The number of nitrogens with zero attached hydrogens (tertiary/aromatic N) is 1. The van der Waals surface area contributed by atoms with Crippen molar-refractivity contribution in [3.63, 3.8) is 0 Å². The van der Waals surface area contributed by atoms with Gasteiger partial charge in [0.1, 0.15) is 40.0 Å². The van der Waals surface area contributed by atoms with Crippen molar-refractivity contribution in [3.8, 4) is 0 Å². The topological polar surface area (TPSA) is 219 Å². The Hall–Kier alpha value is -3.42. The van der Waals surface area contributed by atoms with E-state index >= 15 is 0 Å². The Bertz CT molecular complexity index is 2060. The van der Waals surface area contributed by atoms with Crippen LogP contribution >= 0.6 is 0 Å². The van der Waals surface area contributed by atoms with E-state index in [0.29, 0.717) is 75.9 Å². The lowest BCUT2D eigenvalue weighted by molar-refractivity contribution is -0.265. The molecule has 7 unspecified atom stereocenters. The molecule has 1 saturated heterocycles. The Balaban J connectivity index is 1.63. The van der Waals surface area contributed by atoms with Crippen LogP contribution in [0.2, 0.25) is 0 Å². The van der Waals surface area contributed by atoms with Crippen LogP contribution in [0.15, 0.2) is 47.6 Å². The van der Waals surface area contributed by atoms with Gasteiger partial charge in [-0.3, -0.25) is 19.2 Å². The molecule has 4 rings (SSSR count). The minimum Gasteiger partial charge on any atom is -0.460 e. The van der Waals surface area contributed by atoms with Gasteiger partial charge in [0.15, 0.2) is 5.78 Å². The van der Waals surface area contributed by atoms with Crippen molar-refractivity contribution in [2.75, 3.05) is 46.5 Å². The van der Waals surface area contributed by atoms with Gasteiger partial charge in [-0.15, -0.1) is 0 Å². The Labute approximate surface area is 429 Å². The van der Waals surface area contributed by atoms with Gasteiger partial charge in [0, 0.05) is 64.7 Å². The van der Waals surface area contributed by atoms with Crippen molar-refractivity contribution in [1.82, 2.24) is 4.90 Å². The fourth-order valence-electron chi connectivity index (χ4n) is 9.92. The molecule has 2 saturated carbocycles. The number of hydrogen-bond acceptors (Lipinski definition) is 15. The predicted octanol–water partition coefficient (Wildman–Crippen LogP) is 6.64. The Morgan fingerprint density at radius 3 is 2.21 bits per heavy atom. The number of carbonyl (C=O) groups is 5. The number of fused-ring (bicyclic) bond motifs is 2. The van der Waals surface area contributed by atoms with Crippen LogP contribution in [0.1, 0.15) is 132 Å². The van der Waals surface area contributed by atoms with Crippen LogP contribution in [0.5, 0.6) is 0 Å². The molecular weight excluding hydrogens is 947 g/mol. The average Bonchev–Trinajstić information content (AvgIpc) is 4.18. The minimum atomic E-state index is -3.12. The summed E-state index contributed by atoms with van der Waals surface area (Å²) < 4.78 is 59.5. The fraction of sp³-hybridized carbons (Fsp3) is 0.764. The number of rotatable bonds is 13. The van der Waals surface area contributed by atoms with E-state index in [1.54, 1.807) is 40.9 Å². The van der Waals surface area contributed by atoms with Crippen molar-refractivity contribution < 1.29 is 71.0 Å². The highest BCUT2D eigenvalue weighted by atomic mass is 32.2. The van der Waals surface area contributed by atoms with Crippen molar-refractivity contribution in [2.24, 2.45) is 35.5 Å². The van der Waals surface area contributed by atoms with Gasteiger partial charge in [-0.05, 0) is 120 Å². The average molecular weight is 1030 g/mol. The zero-order valence-corrected chi connectivity index (χ0v) is 45.7. The molecule has 2 heterocycles. The Morgan fingerprint density at radius 1 is 0.861 bits per heavy atom. The summed E-state index contributed by atoms with van der Waals surface area (Å²) in [4.78, 5) is 71.0. The highest BCUT2D eigenvalue weighted by Crippen LogP contribution is 2.38. The maximum absolute atomic E-state index is 14.2. The number of hydrogen-bond donors (Lipinski definition) is 2. The van der Waals surface area contributed by atoms with Crippen LogP contribution in [0.25, 0.3) is 0 Å². The summed E-state index contributed by atoms with van der Waals surface area (Å²) >= 11 is 0. The molecule has 2 aliphatic heterocycles. The molecule has 1 amide bonds. The molecule has 0 aromatic heterocycles. The summed E-state index contributed by atoms with van der Waals surface area (Å²) in [6.07, 6.45) is 14.6. The van der Waals surface area contributed by atoms with E-state index < -0.39 is 87.6 Å². The molecule has 0 aromatic carbocycles. The van der Waals surface area contributed by atoms with Crippen LogP contribution in [-0.4, -0.2) is 154 Å². The van der Waals surface area contributed by atoms with Crippen molar-refractivity contribution in [3.05, 3.63) is 47.6 Å². The molecule has 72 heavy (non-hydrogen) atoms. The first-order valence-electron chi connectivity index (χ1n) is 26.2. The van der Waals surface area contributed by atoms with Crippen molar-refractivity contribution >= 4 is 39.1 Å². The van der Waals surface area contributed by atoms with E-state index in [0.717, 1.165) is 29.7 Å². The lowest BCUT2D eigenvalue weighted by Gasteiger charge is -2.41. The number of sulfone groups is 1. The van der Waals surface area contributed by atoms with Gasteiger partial charge in [0.2, 0.25) is 5.79 Å². The van der Waals surface area contributed by atoms with Crippen LogP contribution < -0.4 is 0 Å². The van der Waals surface area contributed by atoms with Crippen molar-refractivity contribution in [1.29, 1.82) is 0 Å². The third-order valence-corrected chi connectivity index (χ3v) is 16.4. The third kappa shape index (κ3) is 18.2. The number of carbonyl (C=O) groups excluding carboxylic acids is 5. The molecule has 0 radical (unpaired) electrons. The monoisotopic (exact) mass is 1030 g/mol. The maximum Gasteiger partial charge on any atom is 0.328 e. The number of methoxy groups -OCH3 is 2. The molecule has 2 bridgehead atoms. The highest BCUT2D eigenvalue weighted by molar-refractivity contribution is 7.90. The number of allylic oxidation sites excluding steroid dienone is 6. The second-order valence-corrected chi connectivity index (χ2v) is 23.7. The van der Waals surface area contributed by atoms with Crippen LogP contribution in [0, 0.1) is 35.5 Å². The SMILES string of the molecule is COC1C(=O)C(C)CC/C=C/C=C/C=C(\C)C(OCC2CC2)C[C@H]2CC[C@H](C)[C@](O)(O2)C(=O)C(=O)N(C)C(C)C(=O)OC([C@H](C)C[C@@H]2CC[C@@H](OCCCS(C)(=O)=O)[C@H](OC)C2)CC(=O)C(C)/C=C(\C)C1O. The zero-order valence-electron chi connectivity index (χ0n) is 44.9. The van der Waals surface area contributed by atoms with Gasteiger partial charge in [-0.25, -0.2) is 13.2 Å². The summed E-state index contributed by atoms with van der Waals surface area (Å²) in [5.74, 6) is -7.98. The summed E-state index contributed by atoms with van der Waals surface area (Å²) in [7, 11) is 1.14. The van der Waals surface area contributed by atoms with Gasteiger partial charge in [-0.1, -0.05) is 64.2 Å². The zero-order chi connectivity index (χ0) is 53.5. The lowest BCUT2D eigenvalue weighted by atomic mass is 9.78. The summed E-state index contributed by atoms with van der Waals surface area (Å²) in [5, 5.41) is 23.4. The number of ketones is 3. The molecule has 2 N–H and O–H groups in total. The van der Waals surface area contributed by atoms with Crippen LogP contribution in [0.3, 0.4) is 0 Å². The molecule has 0 spiro atoms. The van der Waals surface area contributed by atoms with E-state index in [-0.39, 0.29) is 54.4 Å². The molecule has 3 fully saturated rings. The number of Topliss-reactive ketones (excluding diaryl/α,β-unsaturated/α-hetero) is 3. The molecule has 14 atom stereocenters. The minimum absolute atomic E-state index is 0.0257. The quantitative estimate of drug-likeness (QED) is 0.0855. The van der Waals surface area contributed by atoms with Gasteiger partial charge in [-0.2, -0.15) is 0 Å². The lowest BCUT2D eigenvalue weighted by Crippen LogP contribution is -2.59. The van der Waals surface area contributed by atoms with E-state index in [4.69, 9.17) is 28.4 Å². The molecule has 16 nitrogen and oxygen atoms in total. The number of likely N-dealkylation sites (N-methyl/N-ethyl adjacent to an activating group) is 1. The Morgan fingerprint density at radius 2 is 1.56 bits per heavy atom. The number of esters is 1. The predicted molar refractivity (Wildman–Crippen MR) is 273 cm³/mol. The first kappa shape index (κ1) is 61.1. The standard InChI is InChI=1S/C55H87NO15S/c1-34-18-15-13-12-14-16-19-35(2)49(58)51(67-10)50(59)38(5)28-36(3)44(57)32-47(37(4)29-42-23-25-45(48(30-42)66-9)68-26-17-27-72(11,64)65)70-54(62)40(7)56(8)53(61)52(60)55(63)39(6)20-24-43(71-55)31-46(34)69-33-41-21-22-41/h12-15,18,28,35-37,39-43,45-48,50-51,59,63H,16-17,19-27,29-33H2,1-11H3/b14-12+,15-13+,34-18+,38-28+/t35?,36?,37-,39+,40?,42+,43-,45-,46?,47?,48-,50?,51?,55+/m1/s1. The van der Waals surface area contributed by atoms with Gasteiger partial charge in [0.05, 0.1) is 36.8 Å². The smallest absolute Gasteiger partial charge is 0.328 e. The Kier molecular flexibility index (Phi) is 24.2. The van der Waals surface area contributed by atoms with Crippen LogP contribution in [0.4, 0.5) is 0 Å². The van der Waals surface area contributed by atoms with Gasteiger partial charge >= 0.3 is 5.97 Å². The molecule has 408 valence electrons. The number of ether oxygens (including phenoxy) is 6.